The van der Waals surface area contributed by atoms with E-state index < -0.39 is 10.0 Å². The van der Waals surface area contributed by atoms with Crippen LogP contribution in [0.15, 0.2) is 29.2 Å². The number of hydrogen-bond acceptors (Lipinski definition) is 4. The molecule has 1 fully saturated rings. The number of likely N-dealkylation sites (N-methyl/N-ethyl adjacent to an activating group) is 1. The molecular formula is C15H25N3O2S. The van der Waals surface area contributed by atoms with Crippen LogP contribution in [0, 0.1) is 0 Å². The fourth-order valence-electron chi connectivity index (χ4n) is 2.84. The maximum atomic E-state index is 12.5. The molecule has 1 aromatic carbocycles. The maximum absolute atomic E-state index is 12.5. The minimum absolute atomic E-state index is 0.359. The van der Waals surface area contributed by atoms with E-state index in [4.69, 9.17) is 0 Å². The highest BCUT2D eigenvalue weighted by molar-refractivity contribution is 7.89. The summed E-state index contributed by atoms with van der Waals surface area (Å²) in [6.07, 6.45) is 2.98. The summed E-state index contributed by atoms with van der Waals surface area (Å²) in [5, 5.41) is 3.20. The number of sulfonamides is 1. The van der Waals surface area contributed by atoms with E-state index in [1.54, 1.807) is 12.1 Å². The highest BCUT2D eigenvalue weighted by Crippen LogP contribution is 2.31. The zero-order chi connectivity index (χ0) is 15.3. The highest BCUT2D eigenvalue weighted by atomic mass is 32.2. The van der Waals surface area contributed by atoms with Crippen molar-refractivity contribution in [2.24, 2.45) is 0 Å². The van der Waals surface area contributed by atoms with E-state index in [1.807, 2.05) is 26.1 Å². The molecule has 1 aliphatic heterocycles. The summed E-state index contributed by atoms with van der Waals surface area (Å²) in [4.78, 5) is 2.61. The largest absolute Gasteiger partial charge is 0.366 e. The van der Waals surface area contributed by atoms with Gasteiger partial charge < -0.3 is 10.2 Å². The van der Waals surface area contributed by atoms with Crippen LogP contribution >= 0.6 is 0 Å². The van der Waals surface area contributed by atoms with Crippen molar-refractivity contribution >= 4 is 15.7 Å². The van der Waals surface area contributed by atoms with E-state index in [0.29, 0.717) is 17.5 Å². The lowest BCUT2D eigenvalue weighted by Gasteiger charge is -2.28. The van der Waals surface area contributed by atoms with Crippen molar-refractivity contribution < 1.29 is 8.42 Å². The van der Waals surface area contributed by atoms with Crippen LogP contribution in [0.4, 0.5) is 5.69 Å². The summed E-state index contributed by atoms with van der Waals surface area (Å²) < 4.78 is 27.6. The number of benzene rings is 1. The Bertz CT molecular complexity index is 560. The topological polar surface area (TPSA) is 61.4 Å². The number of anilines is 1. The SMILES string of the molecule is CCCNS(=O)(=O)c1ccccc1N1CCCC1CNC. The second kappa shape index (κ2) is 7.24. The fourth-order valence-corrected chi connectivity index (χ4v) is 4.18. The van der Waals surface area contributed by atoms with Gasteiger partial charge in [0.15, 0.2) is 0 Å². The van der Waals surface area contributed by atoms with Crippen molar-refractivity contribution in [3.05, 3.63) is 24.3 Å². The van der Waals surface area contributed by atoms with Crippen molar-refractivity contribution in [2.75, 3.05) is 31.6 Å². The third-order valence-electron chi connectivity index (χ3n) is 3.82. The number of hydrogen-bond donors (Lipinski definition) is 2. The minimum Gasteiger partial charge on any atom is -0.366 e. The van der Waals surface area contributed by atoms with Gasteiger partial charge in [-0.3, -0.25) is 0 Å². The molecule has 0 aromatic heterocycles. The molecule has 1 saturated heterocycles. The van der Waals surface area contributed by atoms with Crippen LogP contribution in [0.3, 0.4) is 0 Å². The van der Waals surface area contributed by atoms with Gasteiger partial charge >= 0.3 is 0 Å². The molecule has 1 heterocycles. The summed E-state index contributed by atoms with van der Waals surface area (Å²) in [5.74, 6) is 0. The molecular weight excluding hydrogens is 286 g/mol. The highest BCUT2D eigenvalue weighted by Gasteiger charge is 2.28. The zero-order valence-electron chi connectivity index (χ0n) is 12.8. The standard InChI is InChI=1S/C15H25N3O2S/c1-3-10-17-21(19,20)15-9-5-4-8-14(15)18-11-6-7-13(18)12-16-2/h4-5,8-9,13,16-17H,3,6-7,10-12H2,1-2H3. The fraction of sp³-hybridized carbons (Fsp3) is 0.600. The molecule has 0 saturated carbocycles. The predicted molar refractivity (Wildman–Crippen MR) is 86.2 cm³/mol. The Balaban J connectivity index is 2.32. The maximum Gasteiger partial charge on any atom is 0.242 e. The predicted octanol–water partition coefficient (Wildman–Crippen LogP) is 1.56. The van der Waals surface area contributed by atoms with Gasteiger partial charge in [0, 0.05) is 25.7 Å². The van der Waals surface area contributed by atoms with E-state index in [0.717, 1.165) is 38.0 Å². The lowest BCUT2D eigenvalue weighted by molar-refractivity contribution is 0.578. The lowest BCUT2D eigenvalue weighted by Crippen LogP contribution is -2.38. The van der Waals surface area contributed by atoms with Crippen LogP contribution in [0.1, 0.15) is 26.2 Å². The number of para-hydroxylation sites is 1. The van der Waals surface area contributed by atoms with Crippen LogP contribution in [0.25, 0.3) is 0 Å². The molecule has 2 N–H and O–H groups in total. The molecule has 1 atom stereocenters. The monoisotopic (exact) mass is 311 g/mol. The molecule has 0 radical (unpaired) electrons. The Morgan fingerprint density at radius 3 is 2.81 bits per heavy atom. The van der Waals surface area contributed by atoms with Gasteiger partial charge in [-0.2, -0.15) is 0 Å². The van der Waals surface area contributed by atoms with Crippen molar-refractivity contribution in [3.63, 3.8) is 0 Å². The average Bonchev–Trinajstić information content (AvgIpc) is 2.94. The van der Waals surface area contributed by atoms with Crippen LogP contribution < -0.4 is 14.9 Å². The van der Waals surface area contributed by atoms with Gasteiger partial charge in [0.25, 0.3) is 0 Å². The normalized spacial score (nSPS) is 19.1. The molecule has 0 aliphatic carbocycles. The first-order chi connectivity index (χ1) is 10.1. The van der Waals surface area contributed by atoms with E-state index >= 15 is 0 Å². The summed E-state index contributed by atoms with van der Waals surface area (Å²) in [6, 6.07) is 7.66. The van der Waals surface area contributed by atoms with Gasteiger partial charge in [-0.15, -0.1) is 0 Å². The average molecular weight is 311 g/mol. The first-order valence-electron chi connectivity index (χ1n) is 7.60. The van der Waals surface area contributed by atoms with Crippen LogP contribution in [0.2, 0.25) is 0 Å². The molecule has 1 aromatic rings. The summed E-state index contributed by atoms with van der Waals surface area (Å²) in [6.45, 7) is 4.21. The molecule has 0 bridgehead atoms. The third kappa shape index (κ3) is 3.75. The quantitative estimate of drug-likeness (QED) is 0.802. The second-order valence-electron chi connectivity index (χ2n) is 5.41. The van der Waals surface area contributed by atoms with Gasteiger partial charge in [0.05, 0.1) is 5.69 Å². The van der Waals surface area contributed by atoms with Crippen molar-refractivity contribution in [1.82, 2.24) is 10.0 Å². The summed E-state index contributed by atoms with van der Waals surface area (Å²) in [7, 11) is -1.51. The van der Waals surface area contributed by atoms with Crippen LogP contribution in [-0.4, -0.2) is 41.1 Å². The van der Waals surface area contributed by atoms with Gasteiger partial charge in [0.1, 0.15) is 4.90 Å². The Morgan fingerprint density at radius 2 is 2.10 bits per heavy atom. The second-order valence-corrected chi connectivity index (χ2v) is 7.15. The molecule has 1 aliphatic rings. The molecule has 6 heteroatoms. The molecule has 21 heavy (non-hydrogen) atoms. The Kier molecular flexibility index (Phi) is 5.61. The van der Waals surface area contributed by atoms with Crippen molar-refractivity contribution in [3.8, 4) is 0 Å². The van der Waals surface area contributed by atoms with Gasteiger partial charge in [-0.05, 0) is 38.4 Å². The minimum atomic E-state index is -3.44. The van der Waals surface area contributed by atoms with Crippen molar-refractivity contribution in [1.29, 1.82) is 0 Å². The smallest absolute Gasteiger partial charge is 0.242 e. The van der Waals surface area contributed by atoms with Gasteiger partial charge in [0.2, 0.25) is 10.0 Å². The number of nitrogens with zero attached hydrogens (tertiary/aromatic N) is 1. The third-order valence-corrected chi connectivity index (χ3v) is 5.33. The number of nitrogens with one attached hydrogen (secondary N) is 2. The van der Waals surface area contributed by atoms with E-state index in [1.165, 1.54) is 0 Å². The van der Waals surface area contributed by atoms with Gasteiger partial charge in [-0.1, -0.05) is 19.1 Å². The summed E-state index contributed by atoms with van der Waals surface area (Å²) in [5.41, 5.74) is 0.818. The zero-order valence-corrected chi connectivity index (χ0v) is 13.6. The summed E-state index contributed by atoms with van der Waals surface area (Å²) >= 11 is 0. The molecule has 0 spiro atoms. The Hall–Kier alpha value is -1.11. The Morgan fingerprint density at radius 1 is 1.33 bits per heavy atom. The van der Waals surface area contributed by atoms with Crippen LogP contribution in [-0.2, 0) is 10.0 Å². The van der Waals surface area contributed by atoms with E-state index in [9.17, 15) is 8.42 Å². The molecule has 0 amide bonds. The lowest BCUT2D eigenvalue weighted by atomic mass is 10.2. The molecule has 1 unspecified atom stereocenters. The van der Waals surface area contributed by atoms with Crippen molar-refractivity contribution in [2.45, 2.75) is 37.1 Å². The van der Waals surface area contributed by atoms with E-state index in [-0.39, 0.29) is 0 Å². The first kappa shape index (κ1) is 16.3. The molecule has 5 nitrogen and oxygen atoms in total. The molecule has 2 rings (SSSR count). The van der Waals surface area contributed by atoms with Gasteiger partial charge in [-0.25, -0.2) is 13.1 Å². The van der Waals surface area contributed by atoms with Crippen LogP contribution in [0.5, 0.6) is 0 Å². The first-order valence-corrected chi connectivity index (χ1v) is 9.08. The Labute approximate surface area is 127 Å². The van der Waals surface area contributed by atoms with E-state index in [2.05, 4.69) is 14.9 Å². The number of rotatable bonds is 7. The molecule has 118 valence electrons.